The summed E-state index contributed by atoms with van der Waals surface area (Å²) in [4.78, 5) is 16.2. The highest BCUT2D eigenvalue weighted by atomic mass is 16.5. The molecule has 1 saturated carbocycles. The van der Waals surface area contributed by atoms with Crippen LogP contribution in [0.4, 0.5) is 17.2 Å². The number of benzene rings is 1. The Bertz CT molecular complexity index is 649. The summed E-state index contributed by atoms with van der Waals surface area (Å²) in [6.45, 7) is 2.61. The van der Waals surface area contributed by atoms with E-state index in [2.05, 4.69) is 15.6 Å². The highest BCUT2D eigenvalue weighted by Gasteiger charge is 2.25. The third-order valence-electron chi connectivity index (χ3n) is 3.94. The summed E-state index contributed by atoms with van der Waals surface area (Å²) >= 11 is 0. The summed E-state index contributed by atoms with van der Waals surface area (Å²) < 4.78 is 5.41. The van der Waals surface area contributed by atoms with Crippen LogP contribution < -0.4 is 15.4 Å². The molecule has 2 aromatic rings. The first-order valence-electron chi connectivity index (χ1n) is 8.01. The summed E-state index contributed by atoms with van der Waals surface area (Å²) in [5, 5.41) is 6.13. The summed E-state index contributed by atoms with van der Waals surface area (Å²) in [6.07, 6.45) is 4.82. The molecule has 0 radical (unpaired) electrons. The lowest BCUT2D eigenvalue weighted by molar-refractivity contribution is -0.122. The standard InChI is InChI=1S/C18H21N3O2/c1-2-23-16-9-6-14(7-10-16)20-17-11-8-15(12-19-17)21-18(22)13-4-3-5-13/h6-13H,2-5H2,1H3,(H,19,20)(H,21,22). The Kier molecular flexibility index (Phi) is 4.76. The second kappa shape index (κ2) is 7.13. The van der Waals surface area contributed by atoms with E-state index in [1.165, 1.54) is 0 Å². The molecule has 1 heterocycles. The number of nitrogens with zero attached hydrogens (tertiary/aromatic N) is 1. The Morgan fingerprint density at radius 2 is 1.91 bits per heavy atom. The molecule has 0 saturated heterocycles. The second-order valence-corrected chi connectivity index (χ2v) is 5.63. The first-order valence-corrected chi connectivity index (χ1v) is 8.01. The summed E-state index contributed by atoms with van der Waals surface area (Å²) in [7, 11) is 0. The van der Waals surface area contributed by atoms with Crippen LogP contribution in [0.15, 0.2) is 42.6 Å². The molecule has 1 amide bonds. The van der Waals surface area contributed by atoms with E-state index < -0.39 is 0 Å². The molecule has 120 valence electrons. The molecule has 0 atom stereocenters. The zero-order chi connectivity index (χ0) is 16.1. The number of amides is 1. The fourth-order valence-corrected chi connectivity index (χ4v) is 2.41. The summed E-state index contributed by atoms with van der Waals surface area (Å²) in [6, 6.07) is 11.4. The Balaban J connectivity index is 1.57. The van der Waals surface area contributed by atoms with Crippen molar-refractivity contribution in [2.24, 2.45) is 5.92 Å². The predicted octanol–water partition coefficient (Wildman–Crippen LogP) is 3.96. The van der Waals surface area contributed by atoms with Crippen LogP contribution in [0.3, 0.4) is 0 Å². The van der Waals surface area contributed by atoms with Gasteiger partial charge in [0.15, 0.2) is 0 Å². The highest BCUT2D eigenvalue weighted by Crippen LogP contribution is 2.27. The van der Waals surface area contributed by atoms with E-state index in [0.717, 1.165) is 42.2 Å². The van der Waals surface area contributed by atoms with E-state index in [9.17, 15) is 4.79 Å². The van der Waals surface area contributed by atoms with Gasteiger partial charge in [0.05, 0.1) is 18.5 Å². The second-order valence-electron chi connectivity index (χ2n) is 5.63. The SMILES string of the molecule is CCOc1ccc(Nc2ccc(NC(=O)C3CCC3)cn2)cc1. The van der Waals surface area contributed by atoms with E-state index >= 15 is 0 Å². The van der Waals surface area contributed by atoms with Crippen LogP contribution in [0.25, 0.3) is 0 Å². The zero-order valence-corrected chi connectivity index (χ0v) is 13.2. The van der Waals surface area contributed by atoms with E-state index in [-0.39, 0.29) is 11.8 Å². The van der Waals surface area contributed by atoms with Gasteiger partial charge in [0.1, 0.15) is 11.6 Å². The minimum atomic E-state index is 0.102. The van der Waals surface area contributed by atoms with Crippen molar-refractivity contribution in [2.75, 3.05) is 17.2 Å². The van der Waals surface area contributed by atoms with Crippen LogP contribution in [0.1, 0.15) is 26.2 Å². The van der Waals surface area contributed by atoms with E-state index in [0.29, 0.717) is 6.61 Å². The molecule has 1 fully saturated rings. The van der Waals surface area contributed by atoms with Crippen molar-refractivity contribution in [3.05, 3.63) is 42.6 Å². The van der Waals surface area contributed by atoms with Gasteiger partial charge in [-0.05, 0) is 56.2 Å². The molecule has 0 unspecified atom stereocenters. The maximum absolute atomic E-state index is 11.9. The number of anilines is 3. The minimum absolute atomic E-state index is 0.102. The first-order chi connectivity index (χ1) is 11.2. The van der Waals surface area contributed by atoms with Crippen LogP contribution in [0.2, 0.25) is 0 Å². The van der Waals surface area contributed by atoms with Crippen LogP contribution in [0.5, 0.6) is 5.75 Å². The lowest BCUT2D eigenvalue weighted by Crippen LogP contribution is -2.28. The minimum Gasteiger partial charge on any atom is -0.494 e. The normalized spacial score (nSPS) is 14.0. The quantitative estimate of drug-likeness (QED) is 0.847. The lowest BCUT2D eigenvalue weighted by atomic mass is 9.85. The molecule has 1 aromatic heterocycles. The Labute approximate surface area is 136 Å². The van der Waals surface area contributed by atoms with Gasteiger partial charge in [0.2, 0.25) is 5.91 Å². The molecule has 2 N–H and O–H groups in total. The molecular formula is C18H21N3O2. The van der Waals surface area contributed by atoms with Gasteiger partial charge in [-0.25, -0.2) is 4.98 Å². The number of ether oxygens (including phenoxy) is 1. The van der Waals surface area contributed by atoms with Crippen molar-refractivity contribution in [3.8, 4) is 5.75 Å². The van der Waals surface area contributed by atoms with Crippen molar-refractivity contribution in [2.45, 2.75) is 26.2 Å². The third-order valence-corrected chi connectivity index (χ3v) is 3.94. The van der Waals surface area contributed by atoms with Crippen LogP contribution in [0, 0.1) is 5.92 Å². The van der Waals surface area contributed by atoms with Gasteiger partial charge in [0, 0.05) is 11.6 Å². The maximum Gasteiger partial charge on any atom is 0.227 e. The van der Waals surface area contributed by atoms with Gasteiger partial charge in [-0.1, -0.05) is 6.42 Å². The number of carbonyl (C=O) groups excluding carboxylic acids is 1. The molecule has 3 rings (SSSR count). The van der Waals surface area contributed by atoms with Crippen LogP contribution >= 0.6 is 0 Å². The van der Waals surface area contributed by atoms with Crippen molar-refractivity contribution < 1.29 is 9.53 Å². The fraction of sp³-hybridized carbons (Fsp3) is 0.333. The lowest BCUT2D eigenvalue weighted by Gasteiger charge is -2.23. The maximum atomic E-state index is 11.9. The van der Waals surface area contributed by atoms with Crippen molar-refractivity contribution in [1.29, 1.82) is 0 Å². The fourth-order valence-electron chi connectivity index (χ4n) is 2.41. The number of pyridine rings is 1. The molecule has 0 spiro atoms. The molecule has 5 nitrogen and oxygen atoms in total. The van der Waals surface area contributed by atoms with Gasteiger partial charge in [-0.15, -0.1) is 0 Å². The summed E-state index contributed by atoms with van der Waals surface area (Å²) in [5.41, 5.74) is 1.67. The van der Waals surface area contributed by atoms with Crippen molar-refractivity contribution >= 4 is 23.1 Å². The molecule has 0 aliphatic heterocycles. The van der Waals surface area contributed by atoms with Crippen molar-refractivity contribution in [3.63, 3.8) is 0 Å². The number of hydrogen-bond donors (Lipinski definition) is 2. The number of rotatable bonds is 6. The van der Waals surface area contributed by atoms with Gasteiger partial charge in [-0.3, -0.25) is 4.79 Å². The van der Waals surface area contributed by atoms with Gasteiger partial charge < -0.3 is 15.4 Å². The Morgan fingerprint density at radius 1 is 1.17 bits per heavy atom. The Hall–Kier alpha value is -2.56. The molecular weight excluding hydrogens is 290 g/mol. The number of aromatic nitrogens is 1. The van der Waals surface area contributed by atoms with Gasteiger partial charge in [0.25, 0.3) is 0 Å². The molecule has 1 aliphatic rings. The third kappa shape index (κ3) is 4.00. The average molecular weight is 311 g/mol. The smallest absolute Gasteiger partial charge is 0.227 e. The highest BCUT2D eigenvalue weighted by molar-refractivity contribution is 5.92. The predicted molar refractivity (Wildman–Crippen MR) is 91.1 cm³/mol. The Morgan fingerprint density at radius 3 is 2.48 bits per heavy atom. The summed E-state index contributed by atoms with van der Waals surface area (Å²) in [5.74, 6) is 1.86. The van der Waals surface area contributed by atoms with Crippen LogP contribution in [-0.4, -0.2) is 17.5 Å². The first kappa shape index (κ1) is 15.3. The molecule has 1 aromatic carbocycles. The van der Waals surface area contributed by atoms with E-state index in [4.69, 9.17) is 4.74 Å². The molecule has 5 heteroatoms. The number of carbonyl (C=O) groups is 1. The average Bonchev–Trinajstić information content (AvgIpc) is 2.50. The monoisotopic (exact) mass is 311 g/mol. The number of hydrogen-bond acceptors (Lipinski definition) is 4. The van der Waals surface area contributed by atoms with E-state index in [1.807, 2.05) is 43.3 Å². The topological polar surface area (TPSA) is 63.2 Å². The zero-order valence-electron chi connectivity index (χ0n) is 13.2. The number of nitrogens with one attached hydrogen (secondary N) is 2. The molecule has 23 heavy (non-hydrogen) atoms. The van der Waals surface area contributed by atoms with Crippen molar-refractivity contribution in [1.82, 2.24) is 4.98 Å². The molecule has 0 bridgehead atoms. The van der Waals surface area contributed by atoms with Crippen LogP contribution in [-0.2, 0) is 4.79 Å². The largest absolute Gasteiger partial charge is 0.494 e. The van der Waals surface area contributed by atoms with Gasteiger partial charge >= 0.3 is 0 Å². The van der Waals surface area contributed by atoms with Gasteiger partial charge in [-0.2, -0.15) is 0 Å². The van der Waals surface area contributed by atoms with E-state index in [1.54, 1.807) is 6.20 Å². The molecule has 1 aliphatic carbocycles.